The molecular weight excluding hydrogens is 555 g/mol. The number of thiophene rings is 1. The fourth-order valence-corrected chi connectivity index (χ4v) is 5.84. The minimum absolute atomic E-state index is 0.128. The van der Waals surface area contributed by atoms with Gasteiger partial charge in [-0.1, -0.05) is 11.3 Å². The smallest absolute Gasteiger partial charge is 0.333 e. The Morgan fingerprint density at radius 3 is 2.51 bits per heavy atom. The summed E-state index contributed by atoms with van der Waals surface area (Å²) in [5.41, 5.74) is -1.98. The third-order valence-electron chi connectivity index (χ3n) is 6.73. The van der Waals surface area contributed by atoms with Crippen LogP contribution in [0.15, 0.2) is 40.2 Å². The number of rotatable bonds is 12. The van der Waals surface area contributed by atoms with Crippen LogP contribution in [0, 0.1) is 12.7 Å². The minimum Gasteiger partial charge on any atom is -0.496 e. The van der Waals surface area contributed by atoms with E-state index in [1.807, 2.05) is 0 Å². The number of likely N-dealkylation sites (N-methyl/N-ethyl adjacent to an activating group) is 1. The summed E-state index contributed by atoms with van der Waals surface area (Å²) in [6.07, 6.45) is 2.12. The number of methoxy groups -OCH3 is 2. The van der Waals surface area contributed by atoms with Crippen molar-refractivity contribution in [1.29, 1.82) is 0 Å². The zero-order valence-electron chi connectivity index (χ0n) is 23.8. The molecule has 0 aliphatic heterocycles. The summed E-state index contributed by atoms with van der Waals surface area (Å²) in [5, 5.41) is 11.9. The number of carbonyl (C=O) groups excluding carboxylic acids is 1. The fourth-order valence-electron chi connectivity index (χ4n) is 4.62. The van der Waals surface area contributed by atoms with Gasteiger partial charge in [0.25, 0.3) is 5.56 Å². The molecule has 1 amide bonds. The van der Waals surface area contributed by atoms with Gasteiger partial charge in [-0.2, -0.15) is 10.2 Å². The number of hydrogen-bond acceptors (Lipinski definition) is 9. The highest BCUT2D eigenvalue weighted by molar-refractivity contribution is 7.21. The number of ether oxygens (including phenoxy) is 3. The van der Waals surface area contributed by atoms with Gasteiger partial charge in [0.1, 0.15) is 33.0 Å². The van der Waals surface area contributed by atoms with E-state index >= 15 is 0 Å². The van der Waals surface area contributed by atoms with Crippen molar-refractivity contribution in [1.82, 2.24) is 29.4 Å². The summed E-state index contributed by atoms with van der Waals surface area (Å²) in [6, 6.07) is 4.03. The Kier molecular flexibility index (Phi) is 9.05. The van der Waals surface area contributed by atoms with Crippen molar-refractivity contribution in [3.05, 3.63) is 68.4 Å². The SMILES string of the molecule is CCNC(=O)C(C)(C)n1c(=O)c2c(C)c(-n3nccn3)sc2n(C[C@H](OCCOC)c2cc(F)ccc2OC)c1=O. The second kappa shape index (κ2) is 12.3. The van der Waals surface area contributed by atoms with Crippen LogP contribution < -0.4 is 21.3 Å². The van der Waals surface area contributed by atoms with Crippen LogP contribution in [0.4, 0.5) is 4.39 Å². The van der Waals surface area contributed by atoms with Crippen LogP contribution in [0.5, 0.6) is 5.75 Å². The zero-order valence-corrected chi connectivity index (χ0v) is 24.6. The van der Waals surface area contributed by atoms with E-state index in [1.165, 1.54) is 68.0 Å². The molecule has 41 heavy (non-hydrogen) atoms. The maximum Gasteiger partial charge on any atom is 0.333 e. The lowest BCUT2D eigenvalue weighted by atomic mass is 10.0. The topological polar surface area (TPSA) is 132 Å². The first kappa shape index (κ1) is 30.1. The van der Waals surface area contributed by atoms with Gasteiger partial charge in [-0.25, -0.2) is 13.8 Å². The molecule has 0 spiro atoms. The van der Waals surface area contributed by atoms with E-state index in [9.17, 15) is 18.8 Å². The second-order valence-corrected chi connectivity index (χ2v) is 10.7. The number of fused-ring (bicyclic) bond motifs is 1. The van der Waals surface area contributed by atoms with Crippen LogP contribution in [-0.4, -0.2) is 64.0 Å². The molecule has 0 radical (unpaired) electrons. The lowest BCUT2D eigenvalue weighted by Gasteiger charge is -2.27. The van der Waals surface area contributed by atoms with E-state index in [2.05, 4.69) is 15.5 Å². The lowest BCUT2D eigenvalue weighted by molar-refractivity contribution is -0.128. The van der Waals surface area contributed by atoms with Gasteiger partial charge in [-0.05, 0) is 45.9 Å². The van der Waals surface area contributed by atoms with Crippen molar-refractivity contribution in [3.63, 3.8) is 0 Å². The number of amides is 1. The third-order valence-corrected chi connectivity index (χ3v) is 8.01. The molecular formula is C27H33FN6O6S. The van der Waals surface area contributed by atoms with Gasteiger partial charge in [0.2, 0.25) is 5.91 Å². The van der Waals surface area contributed by atoms with Crippen molar-refractivity contribution >= 4 is 27.5 Å². The molecule has 0 fully saturated rings. The number of aryl methyl sites for hydroxylation is 1. The largest absolute Gasteiger partial charge is 0.496 e. The highest BCUT2D eigenvalue weighted by atomic mass is 32.1. The van der Waals surface area contributed by atoms with Gasteiger partial charge >= 0.3 is 5.69 Å². The molecule has 0 aliphatic carbocycles. The van der Waals surface area contributed by atoms with Crippen LogP contribution in [0.3, 0.4) is 0 Å². The Balaban J connectivity index is 2.02. The zero-order chi connectivity index (χ0) is 29.9. The number of halogens is 1. The van der Waals surface area contributed by atoms with E-state index in [0.29, 0.717) is 33.3 Å². The minimum atomic E-state index is -1.54. The average Bonchev–Trinajstić information content (AvgIpc) is 3.58. The Morgan fingerprint density at radius 1 is 1.17 bits per heavy atom. The number of carbonyl (C=O) groups is 1. The number of nitrogens with zero attached hydrogens (tertiary/aromatic N) is 5. The Hall–Kier alpha value is -3.88. The highest BCUT2D eigenvalue weighted by Crippen LogP contribution is 2.34. The molecule has 0 saturated heterocycles. The summed E-state index contributed by atoms with van der Waals surface area (Å²) in [7, 11) is 2.97. The predicted molar refractivity (Wildman–Crippen MR) is 152 cm³/mol. The Labute approximate surface area is 239 Å². The van der Waals surface area contributed by atoms with Gasteiger partial charge in [0.15, 0.2) is 0 Å². The molecule has 4 aromatic rings. The van der Waals surface area contributed by atoms with Gasteiger partial charge in [-0.15, -0.1) is 4.80 Å². The molecule has 0 bridgehead atoms. The van der Waals surface area contributed by atoms with E-state index < -0.39 is 34.6 Å². The Morgan fingerprint density at radius 2 is 1.88 bits per heavy atom. The predicted octanol–water partition coefficient (Wildman–Crippen LogP) is 2.54. The summed E-state index contributed by atoms with van der Waals surface area (Å²) in [5.74, 6) is -0.649. The maximum atomic E-state index is 14.4. The monoisotopic (exact) mass is 588 g/mol. The van der Waals surface area contributed by atoms with Gasteiger partial charge in [0.05, 0.1) is 44.6 Å². The summed E-state index contributed by atoms with van der Waals surface area (Å²) < 4.78 is 33.5. The Bertz CT molecular complexity index is 1660. The molecule has 0 saturated carbocycles. The molecule has 0 aliphatic rings. The van der Waals surface area contributed by atoms with Crippen LogP contribution in [0.25, 0.3) is 15.2 Å². The van der Waals surface area contributed by atoms with Crippen LogP contribution in [0.2, 0.25) is 0 Å². The molecule has 12 nitrogen and oxygen atoms in total. The molecule has 4 rings (SSSR count). The van der Waals surface area contributed by atoms with E-state index in [-0.39, 0.29) is 25.1 Å². The standard InChI is InChI=1S/C27H33FN6O6S/c1-7-29-25(36)27(3,4)33-22(35)21-16(2)23(34-30-10-11-31-34)41-24(21)32(26(33)37)15-20(40-13-12-38-5)18-14-17(28)8-9-19(18)39-6/h8-11,14,20H,7,12-13,15H2,1-6H3,(H,29,36)/t20-/m0/s1. The molecule has 14 heteroatoms. The van der Waals surface area contributed by atoms with Crippen molar-refractivity contribution in [2.75, 3.05) is 34.0 Å². The molecule has 1 atom stereocenters. The van der Waals surface area contributed by atoms with Gasteiger partial charge in [0, 0.05) is 24.8 Å². The van der Waals surface area contributed by atoms with E-state index in [0.717, 1.165) is 15.9 Å². The molecule has 3 aromatic heterocycles. The van der Waals surface area contributed by atoms with Crippen molar-refractivity contribution in [3.8, 4) is 10.8 Å². The summed E-state index contributed by atoms with van der Waals surface area (Å²) in [6.45, 7) is 7.07. The molecule has 220 valence electrons. The maximum absolute atomic E-state index is 14.4. The van der Waals surface area contributed by atoms with Crippen molar-refractivity contribution in [2.24, 2.45) is 0 Å². The van der Waals surface area contributed by atoms with Crippen LogP contribution in [-0.2, 0) is 26.4 Å². The first-order chi connectivity index (χ1) is 19.6. The summed E-state index contributed by atoms with van der Waals surface area (Å²) in [4.78, 5) is 43.0. The van der Waals surface area contributed by atoms with Crippen molar-refractivity contribution in [2.45, 2.75) is 45.9 Å². The van der Waals surface area contributed by atoms with Gasteiger partial charge < -0.3 is 19.5 Å². The molecule has 1 N–H and O–H groups in total. The number of benzene rings is 1. The van der Waals surface area contributed by atoms with Crippen LogP contribution >= 0.6 is 11.3 Å². The quantitative estimate of drug-likeness (QED) is 0.250. The number of aromatic nitrogens is 5. The average molecular weight is 589 g/mol. The third kappa shape index (κ3) is 5.67. The van der Waals surface area contributed by atoms with Crippen LogP contribution in [0.1, 0.15) is 38.0 Å². The molecule has 1 aromatic carbocycles. The van der Waals surface area contributed by atoms with Crippen molar-refractivity contribution < 1.29 is 23.4 Å². The molecule has 3 heterocycles. The number of nitrogens with one attached hydrogen (secondary N) is 1. The lowest BCUT2D eigenvalue weighted by Crippen LogP contribution is -2.55. The molecule has 0 unspecified atom stereocenters. The van der Waals surface area contributed by atoms with E-state index in [1.54, 1.807) is 13.8 Å². The first-order valence-corrected chi connectivity index (χ1v) is 13.8. The number of hydrogen-bond donors (Lipinski definition) is 1. The normalized spacial score (nSPS) is 12.6. The van der Waals surface area contributed by atoms with E-state index in [4.69, 9.17) is 14.2 Å². The summed E-state index contributed by atoms with van der Waals surface area (Å²) >= 11 is 1.15. The highest BCUT2D eigenvalue weighted by Gasteiger charge is 2.36. The second-order valence-electron chi connectivity index (χ2n) is 9.72. The first-order valence-electron chi connectivity index (χ1n) is 12.9. The fraction of sp³-hybridized carbons (Fsp3) is 0.444. The van der Waals surface area contributed by atoms with Gasteiger partial charge in [-0.3, -0.25) is 14.2 Å².